The molecule has 2 N–H and O–H groups in total. The lowest BCUT2D eigenvalue weighted by atomic mass is 10.5. The van der Waals surface area contributed by atoms with Gasteiger partial charge in [-0.1, -0.05) is 5.16 Å². The van der Waals surface area contributed by atoms with Gasteiger partial charge >= 0.3 is 0 Å². The van der Waals surface area contributed by atoms with E-state index < -0.39 is 0 Å². The van der Waals surface area contributed by atoms with Crippen molar-refractivity contribution >= 4 is 29.0 Å². The van der Waals surface area contributed by atoms with E-state index in [1.165, 1.54) is 17.6 Å². The summed E-state index contributed by atoms with van der Waals surface area (Å²) in [5.41, 5.74) is 6.06. The number of nitrogens with two attached hydrogens (primary N) is 1. The van der Waals surface area contributed by atoms with Crippen molar-refractivity contribution in [2.45, 2.75) is 6.61 Å². The second-order valence-corrected chi connectivity index (χ2v) is 2.69. The zero-order valence-corrected chi connectivity index (χ0v) is 6.87. The summed E-state index contributed by atoms with van der Waals surface area (Å²) in [6.07, 6.45) is 2.35. The number of hydrogen-bond donors (Lipinski definition) is 1. The van der Waals surface area contributed by atoms with Crippen LogP contribution in [0.3, 0.4) is 0 Å². The monoisotopic (exact) mass is 184 g/mol. The van der Waals surface area contributed by atoms with Gasteiger partial charge in [0.15, 0.2) is 11.7 Å². The van der Waals surface area contributed by atoms with Crippen LogP contribution in [0.25, 0.3) is 0 Å². The van der Waals surface area contributed by atoms with E-state index in [0.29, 0.717) is 10.8 Å². The Labute approximate surface area is 72.9 Å². The fraction of sp³-hybridized carbons (Fsp3) is 0.167. The molecule has 0 saturated heterocycles. The number of anilines is 1. The fourth-order valence-electron chi connectivity index (χ4n) is 0.551. The van der Waals surface area contributed by atoms with Gasteiger partial charge in [-0.05, 0) is 0 Å². The largest absolute Gasteiger partial charge is 0.389 e. The quantitative estimate of drug-likeness (QED) is 0.540. The number of thiazole rings is 1. The van der Waals surface area contributed by atoms with Crippen molar-refractivity contribution < 1.29 is 9.63 Å². The van der Waals surface area contributed by atoms with Crippen molar-refractivity contribution in [1.29, 1.82) is 0 Å². The third kappa shape index (κ3) is 2.67. The number of oxime groups is 1. The third-order valence-electron chi connectivity index (χ3n) is 0.962. The molecule has 1 radical (unpaired) electrons. The maximum atomic E-state index is 9.63. The van der Waals surface area contributed by atoms with Gasteiger partial charge in [-0.3, -0.25) is 4.79 Å². The Kier molecular flexibility index (Phi) is 3.21. The Morgan fingerprint density at radius 3 is 3.33 bits per heavy atom. The molecule has 0 atom stereocenters. The molecule has 0 saturated carbocycles. The van der Waals surface area contributed by atoms with E-state index in [1.807, 2.05) is 0 Å². The number of nitrogens with zero attached hydrogens (tertiary/aromatic N) is 2. The molecule has 1 aromatic rings. The molecule has 0 fully saturated rings. The second-order valence-electron chi connectivity index (χ2n) is 1.80. The molecule has 0 aromatic carbocycles. The second kappa shape index (κ2) is 4.45. The number of carbonyl (C=O) groups excluding carboxylic acids is 1. The molecule has 0 aliphatic carbocycles. The summed E-state index contributed by atoms with van der Waals surface area (Å²) in [6.45, 7) is 0.214. The first kappa shape index (κ1) is 8.66. The minimum atomic E-state index is 0.214. The van der Waals surface area contributed by atoms with Gasteiger partial charge in [0.2, 0.25) is 6.29 Å². The van der Waals surface area contributed by atoms with Crippen LogP contribution in [0.5, 0.6) is 0 Å². The van der Waals surface area contributed by atoms with Gasteiger partial charge in [-0.15, -0.1) is 11.3 Å². The van der Waals surface area contributed by atoms with Gasteiger partial charge in [0, 0.05) is 5.38 Å². The van der Waals surface area contributed by atoms with Crippen LogP contribution < -0.4 is 5.73 Å². The molecule has 0 amide bonds. The summed E-state index contributed by atoms with van der Waals surface area (Å²) in [5, 5.41) is 5.51. The predicted molar refractivity (Wildman–Crippen MR) is 45.5 cm³/mol. The Hall–Kier alpha value is -1.43. The van der Waals surface area contributed by atoms with Crippen molar-refractivity contribution in [2.75, 3.05) is 5.73 Å². The van der Waals surface area contributed by atoms with E-state index in [2.05, 4.69) is 15.0 Å². The van der Waals surface area contributed by atoms with E-state index in [-0.39, 0.29) is 6.61 Å². The van der Waals surface area contributed by atoms with Crippen LogP contribution in [0.15, 0.2) is 10.5 Å². The van der Waals surface area contributed by atoms with Crippen LogP contribution in [0.1, 0.15) is 5.69 Å². The zero-order chi connectivity index (χ0) is 8.81. The van der Waals surface area contributed by atoms with Crippen LogP contribution in [0.4, 0.5) is 5.13 Å². The fourth-order valence-corrected chi connectivity index (χ4v) is 1.10. The lowest BCUT2D eigenvalue weighted by molar-refractivity contribution is 0.130. The van der Waals surface area contributed by atoms with E-state index in [9.17, 15) is 4.79 Å². The highest BCUT2D eigenvalue weighted by molar-refractivity contribution is 7.13. The van der Waals surface area contributed by atoms with Gasteiger partial charge in [0.25, 0.3) is 0 Å². The molecule has 1 heterocycles. The predicted octanol–water partition coefficient (Wildman–Crippen LogP) is 0.337. The Bertz CT molecular complexity index is 284. The van der Waals surface area contributed by atoms with Gasteiger partial charge in [0.05, 0.1) is 5.69 Å². The van der Waals surface area contributed by atoms with Crippen LogP contribution in [0.2, 0.25) is 0 Å². The van der Waals surface area contributed by atoms with Crippen molar-refractivity contribution in [2.24, 2.45) is 5.16 Å². The third-order valence-corrected chi connectivity index (χ3v) is 1.68. The van der Waals surface area contributed by atoms with Crippen molar-refractivity contribution in [1.82, 2.24) is 4.98 Å². The molecular weight excluding hydrogens is 178 g/mol. The average molecular weight is 184 g/mol. The molecule has 63 valence electrons. The maximum absolute atomic E-state index is 9.63. The van der Waals surface area contributed by atoms with E-state index in [0.717, 1.165) is 6.21 Å². The molecule has 0 aliphatic heterocycles. The molecule has 6 heteroatoms. The molecule has 5 nitrogen and oxygen atoms in total. The highest BCUT2D eigenvalue weighted by atomic mass is 32.1. The Morgan fingerprint density at radius 1 is 1.92 bits per heavy atom. The summed E-state index contributed by atoms with van der Waals surface area (Å²) in [4.78, 5) is 18.2. The molecule has 0 unspecified atom stereocenters. The average Bonchev–Trinajstić information content (AvgIpc) is 2.45. The van der Waals surface area contributed by atoms with Gasteiger partial charge in [0.1, 0.15) is 6.21 Å². The van der Waals surface area contributed by atoms with Crippen molar-refractivity contribution in [3.8, 4) is 0 Å². The lowest BCUT2D eigenvalue weighted by Gasteiger charge is -1.91. The molecule has 0 spiro atoms. The van der Waals surface area contributed by atoms with E-state index in [1.54, 1.807) is 5.38 Å². The molecular formula is C6H6N3O2S. The van der Waals surface area contributed by atoms with E-state index in [4.69, 9.17) is 5.73 Å². The van der Waals surface area contributed by atoms with Crippen molar-refractivity contribution in [3.05, 3.63) is 11.1 Å². The van der Waals surface area contributed by atoms with E-state index >= 15 is 0 Å². The van der Waals surface area contributed by atoms with Crippen LogP contribution in [-0.4, -0.2) is 17.5 Å². The molecule has 1 rings (SSSR count). The number of nitrogen functional groups attached to an aromatic ring is 1. The first-order valence-electron chi connectivity index (χ1n) is 3.04. The first-order valence-corrected chi connectivity index (χ1v) is 3.92. The summed E-state index contributed by atoms with van der Waals surface area (Å²) >= 11 is 1.33. The van der Waals surface area contributed by atoms with Crippen LogP contribution in [0, 0.1) is 0 Å². The minimum absolute atomic E-state index is 0.214. The first-order chi connectivity index (χ1) is 5.83. The Morgan fingerprint density at radius 2 is 2.75 bits per heavy atom. The standard InChI is InChI=1S/C6H6N3O2S/c7-6-9-5(4-12-6)3-11-8-1-2-10/h1,4H,3H2,(H2,7,9)/b8-1-. The highest BCUT2D eigenvalue weighted by Gasteiger charge is 1.97. The van der Waals surface area contributed by atoms with Gasteiger partial charge in [-0.25, -0.2) is 4.98 Å². The summed E-state index contributed by atoms with van der Waals surface area (Å²) in [5.74, 6) is 0. The van der Waals surface area contributed by atoms with Gasteiger partial charge < -0.3 is 10.6 Å². The smallest absolute Gasteiger partial charge is 0.248 e. The topological polar surface area (TPSA) is 77.6 Å². The number of rotatable bonds is 4. The summed E-state index contributed by atoms with van der Waals surface area (Å²) in [7, 11) is 0. The normalized spacial score (nSPS) is 10.3. The minimum Gasteiger partial charge on any atom is -0.389 e. The van der Waals surface area contributed by atoms with Crippen molar-refractivity contribution in [3.63, 3.8) is 0 Å². The van der Waals surface area contributed by atoms with Gasteiger partial charge in [-0.2, -0.15) is 0 Å². The molecule has 1 aromatic heterocycles. The SMILES string of the molecule is Nc1nc(CO/N=C\[C]=O)cs1. The number of aromatic nitrogens is 1. The molecule has 0 aliphatic rings. The summed E-state index contributed by atoms with van der Waals surface area (Å²) < 4.78 is 0. The highest BCUT2D eigenvalue weighted by Crippen LogP contribution is 2.11. The maximum Gasteiger partial charge on any atom is 0.248 e. The summed E-state index contributed by atoms with van der Waals surface area (Å²) in [6, 6.07) is 0. The number of hydrogen-bond acceptors (Lipinski definition) is 6. The lowest BCUT2D eigenvalue weighted by Crippen LogP contribution is -1.89. The molecule has 12 heavy (non-hydrogen) atoms. The molecule has 0 bridgehead atoms. The van der Waals surface area contributed by atoms with Crippen LogP contribution in [-0.2, 0) is 16.2 Å². The van der Waals surface area contributed by atoms with Crippen LogP contribution >= 0.6 is 11.3 Å². The Balaban J connectivity index is 2.33. The zero-order valence-electron chi connectivity index (χ0n) is 6.06.